The van der Waals surface area contributed by atoms with Crippen molar-refractivity contribution in [3.05, 3.63) is 0 Å². The predicted molar refractivity (Wildman–Crippen MR) is 71.8 cm³/mol. The molecule has 0 aliphatic heterocycles. The minimum atomic E-state index is -0.529. The van der Waals surface area contributed by atoms with Crippen molar-refractivity contribution in [3.8, 4) is 0 Å². The van der Waals surface area contributed by atoms with Gasteiger partial charge in [-0.3, -0.25) is 4.79 Å². The lowest BCUT2D eigenvalue weighted by molar-refractivity contribution is -0.144. The van der Waals surface area contributed by atoms with E-state index in [-0.39, 0.29) is 24.6 Å². The summed E-state index contributed by atoms with van der Waals surface area (Å²) >= 11 is 1.52. The maximum absolute atomic E-state index is 11.1. The Hall–Kier alpha value is -0.300. The van der Waals surface area contributed by atoms with Crippen molar-refractivity contribution < 1.29 is 24.1 Å². The molecule has 0 heterocycles. The van der Waals surface area contributed by atoms with E-state index in [0.717, 1.165) is 0 Å². The van der Waals surface area contributed by atoms with Crippen LogP contribution in [0.25, 0.3) is 0 Å². The molecule has 0 rings (SSSR count). The van der Waals surface area contributed by atoms with Crippen molar-refractivity contribution in [1.82, 2.24) is 0 Å². The minimum Gasteiger partial charge on any atom is -0.469 e. The molecule has 1 N–H and O–H groups in total. The summed E-state index contributed by atoms with van der Waals surface area (Å²) in [4.78, 5) is 11.1. The first kappa shape index (κ1) is 17.7. The van der Waals surface area contributed by atoms with Crippen LogP contribution in [0.1, 0.15) is 13.8 Å². The van der Waals surface area contributed by atoms with Crippen LogP contribution in [0.15, 0.2) is 0 Å². The maximum atomic E-state index is 11.1. The number of esters is 1. The Labute approximate surface area is 113 Å². The number of carbonyl (C=O) groups excluding carboxylic acids is 1. The van der Waals surface area contributed by atoms with Gasteiger partial charge in [0, 0.05) is 18.6 Å². The molecule has 0 amide bonds. The monoisotopic (exact) mass is 280 g/mol. The summed E-state index contributed by atoms with van der Waals surface area (Å²) in [6, 6.07) is 0. The Bertz CT molecular complexity index is 225. The lowest BCUT2D eigenvalue weighted by atomic mass is 10.2. The van der Waals surface area contributed by atoms with E-state index in [1.165, 1.54) is 18.9 Å². The molecule has 18 heavy (non-hydrogen) atoms. The first-order chi connectivity index (χ1) is 8.51. The number of aliphatic hydroxyl groups is 1. The normalized spacial score (nSPS) is 16.1. The largest absolute Gasteiger partial charge is 0.469 e. The number of hydrogen-bond acceptors (Lipinski definition) is 6. The average Bonchev–Trinajstić information content (AvgIpc) is 2.35. The van der Waals surface area contributed by atoms with Crippen LogP contribution in [0.4, 0.5) is 0 Å². The molecule has 6 heteroatoms. The molecule has 0 radical (unpaired) electrons. The summed E-state index contributed by atoms with van der Waals surface area (Å²) in [5, 5.41) is 9.67. The van der Waals surface area contributed by atoms with Gasteiger partial charge in [0.05, 0.1) is 38.4 Å². The van der Waals surface area contributed by atoms with Crippen LogP contribution in [-0.2, 0) is 19.0 Å². The molecule has 0 spiro atoms. The van der Waals surface area contributed by atoms with E-state index in [9.17, 15) is 9.90 Å². The van der Waals surface area contributed by atoms with Gasteiger partial charge in [0.25, 0.3) is 0 Å². The van der Waals surface area contributed by atoms with Crippen molar-refractivity contribution in [1.29, 1.82) is 0 Å². The first-order valence-corrected chi connectivity index (χ1v) is 7.10. The van der Waals surface area contributed by atoms with E-state index >= 15 is 0 Å². The SMILES string of the molecule is COCC(C)OCC(O)CSCC(C)C(=O)OC. The molecule has 0 aliphatic carbocycles. The third-order valence-electron chi connectivity index (χ3n) is 2.26. The summed E-state index contributed by atoms with van der Waals surface area (Å²) in [5.41, 5.74) is 0. The highest BCUT2D eigenvalue weighted by Crippen LogP contribution is 2.11. The van der Waals surface area contributed by atoms with E-state index in [2.05, 4.69) is 4.74 Å². The fourth-order valence-electron chi connectivity index (χ4n) is 1.26. The summed E-state index contributed by atoms with van der Waals surface area (Å²) in [5.74, 6) is 0.806. The molecule has 0 aliphatic rings. The van der Waals surface area contributed by atoms with Crippen LogP contribution in [-0.4, -0.2) is 62.2 Å². The number of aliphatic hydroxyl groups excluding tert-OH is 1. The zero-order valence-corrected chi connectivity index (χ0v) is 12.4. The van der Waals surface area contributed by atoms with Crippen molar-refractivity contribution >= 4 is 17.7 Å². The Morgan fingerprint density at radius 2 is 1.89 bits per heavy atom. The van der Waals surface area contributed by atoms with Crippen LogP contribution < -0.4 is 0 Å². The van der Waals surface area contributed by atoms with Crippen LogP contribution >= 0.6 is 11.8 Å². The highest BCUT2D eigenvalue weighted by atomic mass is 32.2. The number of methoxy groups -OCH3 is 2. The van der Waals surface area contributed by atoms with E-state index < -0.39 is 6.10 Å². The molecule has 0 aromatic rings. The van der Waals surface area contributed by atoms with Crippen molar-refractivity contribution in [2.24, 2.45) is 5.92 Å². The van der Waals surface area contributed by atoms with Gasteiger partial charge in [-0.2, -0.15) is 11.8 Å². The minimum absolute atomic E-state index is 0.0244. The quantitative estimate of drug-likeness (QED) is 0.601. The van der Waals surface area contributed by atoms with Crippen molar-refractivity contribution in [3.63, 3.8) is 0 Å². The molecule has 0 aromatic carbocycles. The van der Waals surface area contributed by atoms with Gasteiger partial charge in [0.1, 0.15) is 0 Å². The van der Waals surface area contributed by atoms with Gasteiger partial charge < -0.3 is 19.3 Å². The number of thioether (sulfide) groups is 1. The highest BCUT2D eigenvalue weighted by molar-refractivity contribution is 7.99. The van der Waals surface area contributed by atoms with Crippen LogP contribution in [0.3, 0.4) is 0 Å². The van der Waals surface area contributed by atoms with Crippen molar-refractivity contribution in [2.75, 3.05) is 38.9 Å². The molecule has 0 saturated heterocycles. The lowest BCUT2D eigenvalue weighted by Gasteiger charge is -2.16. The number of hydrogen-bond donors (Lipinski definition) is 1. The summed E-state index contributed by atoms with van der Waals surface area (Å²) in [6.07, 6.45) is -0.553. The topological polar surface area (TPSA) is 65.0 Å². The Balaban J connectivity index is 3.58. The van der Waals surface area contributed by atoms with Gasteiger partial charge in [-0.15, -0.1) is 0 Å². The Kier molecular flexibility index (Phi) is 10.4. The molecule has 0 fully saturated rings. The van der Waals surface area contributed by atoms with E-state index in [4.69, 9.17) is 9.47 Å². The lowest BCUT2D eigenvalue weighted by Crippen LogP contribution is -2.25. The predicted octanol–water partition coefficient (Wildman–Crippen LogP) is 0.941. The number of rotatable bonds is 10. The van der Waals surface area contributed by atoms with Gasteiger partial charge in [0.15, 0.2) is 0 Å². The zero-order chi connectivity index (χ0) is 14.0. The third kappa shape index (κ3) is 8.74. The fourth-order valence-corrected chi connectivity index (χ4v) is 2.25. The van der Waals surface area contributed by atoms with Gasteiger partial charge in [-0.05, 0) is 6.92 Å². The van der Waals surface area contributed by atoms with Gasteiger partial charge >= 0.3 is 5.97 Å². The fraction of sp³-hybridized carbons (Fsp3) is 0.917. The summed E-state index contributed by atoms with van der Waals surface area (Å²) < 4.78 is 14.9. The molecule has 5 nitrogen and oxygen atoms in total. The third-order valence-corrected chi connectivity index (χ3v) is 3.61. The molecule has 0 saturated carbocycles. The van der Waals surface area contributed by atoms with Gasteiger partial charge in [-0.1, -0.05) is 6.92 Å². The Morgan fingerprint density at radius 3 is 2.44 bits per heavy atom. The molecular formula is C12H24O5S. The number of ether oxygens (including phenoxy) is 3. The van der Waals surface area contributed by atoms with Crippen LogP contribution in [0.5, 0.6) is 0 Å². The van der Waals surface area contributed by atoms with Gasteiger partial charge in [0.2, 0.25) is 0 Å². The zero-order valence-electron chi connectivity index (χ0n) is 11.5. The second-order valence-corrected chi connectivity index (χ2v) is 5.29. The molecule has 3 unspecified atom stereocenters. The van der Waals surface area contributed by atoms with Gasteiger partial charge in [-0.25, -0.2) is 0 Å². The van der Waals surface area contributed by atoms with Crippen molar-refractivity contribution in [2.45, 2.75) is 26.1 Å². The molecular weight excluding hydrogens is 256 g/mol. The molecule has 108 valence electrons. The molecule has 0 aromatic heterocycles. The second kappa shape index (κ2) is 10.6. The molecule has 0 bridgehead atoms. The second-order valence-electron chi connectivity index (χ2n) is 4.21. The standard InChI is InChI=1S/C12H24O5S/c1-9(12(14)16-4)7-18-8-11(13)6-17-10(2)5-15-3/h9-11,13H,5-8H2,1-4H3. The average molecular weight is 280 g/mol. The van der Waals surface area contributed by atoms with Crippen LogP contribution in [0.2, 0.25) is 0 Å². The smallest absolute Gasteiger partial charge is 0.309 e. The Morgan fingerprint density at radius 1 is 1.22 bits per heavy atom. The van der Waals surface area contributed by atoms with E-state index in [1.54, 1.807) is 7.11 Å². The van der Waals surface area contributed by atoms with Crippen LogP contribution in [0, 0.1) is 5.92 Å². The highest BCUT2D eigenvalue weighted by Gasteiger charge is 2.14. The summed E-state index contributed by atoms with van der Waals surface area (Å²) in [6.45, 7) is 4.49. The number of carbonyl (C=O) groups is 1. The molecule has 3 atom stereocenters. The first-order valence-electron chi connectivity index (χ1n) is 5.95. The van der Waals surface area contributed by atoms with E-state index in [0.29, 0.717) is 18.1 Å². The maximum Gasteiger partial charge on any atom is 0.309 e. The summed E-state index contributed by atoms with van der Waals surface area (Å²) in [7, 11) is 2.99. The van der Waals surface area contributed by atoms with E-state index in [1.807, 2.05) is 13.8 Å².